The molecule has 0 amide bonds. The van der Waals surface area contributed by atoms with Gasteiger partial charge in [-0.25, -0.2) is 0 Å². The van der Waals surface area contributed by atoms with Crippen molar-refractivity contribution < 1.29 is 4.74 Å². The monoisotopic (exact) mass is 324 g/mol. The van der Waals surface area contributed by atoms with Gasteiger partial charge in [-0.05, 0) is 23.6 Å². The highest BCUT2D eigenvalue weighted by molar-refractivity contribution is 5.37. The van der Waals surface area contributed by atoms with E-state index in [1.807, 2.05) is 47.0 Å². The first-order valence-electron chi connectivity index (χ1n) is 8.31. The number of pyridine rings is 1. The summed E-state index contributed by atoms with van der Waals surface area (Å²) in [5.41, 5.74) is 2.03. The van der Waals surface area contributed by atoms with Gasteiger partial charge in [0, 0.05) is 19.9 Å². The van der Waals surface area contributed by atoms with Crippen LogP contribution in [0, 0.1) is 5.92 Å². The Morgan fingerprint density at radius 2 is 1.79 bits per heavy atom. The molecule has 126 valence electrons. The molecular weight excluding hydrogens is 300 g/mol. The van der Waals surface area contributed by atoms with Gasteiger partial charge in [-0.15, -0.1) is 10.2 Å². The predicted molar refractivity (Wildman–Crippen MR) is 94.8 cm³/mol. The van der Waals surface area contributed by atoms with Crippen molar-refractivity contribution in [1.29, 1.82) is 0 Å². The van der Waals surface area contributed by atoms with Crippen molar-refractivity contribution >= 4 is 5.65 Å². The number of methoxy groups -OCH3 is 1. The van der Waals surface area contributed by atoms with Crippen LogP contribution in [0.4, 0.5) is 0 Å². The molecule has 1 aromatic carbocycles. The Bertz CT molecular complexity index is 769. The largest absolute Gasteiger partial charge is 0.375 e. The SMILES string of the molecule is CO[C@@H](CN[C@@H](c1nnc2ccccn12)C(C)C)c1ccccc1. The van der Waals surface area contributed by atoms with Crippen LogP contribution in [-0.2, 0) is 4.74 Å². The fourth-order valence-electron chi connectivity index (χ4n) is 2.94. The molecule has 0 aliphatic carbocycles. The van der Waals surface area contributed by atoms with Crippen LogP contribution in [-0.4, -0.2) is 28.3 Å². The van der Waals surface area contributed by atoms with Crippen LogP contribution in [0.15, 0.2) is 54.7 Å². The minimum absolute atomic E-state index is 0.00614. The first-order chi connectivity index (χ1) is 11.7. The lowest BCUT2D eigenvalue weighted by Gasteiger charge is -2.24. The molecule has 0 spiro atoms. The normalized spacial score (nSPS) is 14.2. The Morgan fingerprint density at radius 3 is 2.50 bits per heavy atom. The Kier molecular flexibility index (Phi) is 5.23. The lowest BCUT2D eigenvalue weighted by atomic mass is 10.0. The molecule has 2 atom stereocenters. The standard InChI is InChI=1S/C19H24N4O/c1-14(2)18(19-22-21-17-11-7-8-12-23(17)19)20-13-16(24-3)15-9-5-4-6-10-15/h4-12,14,16,18,20H,13H2,1-3H3/t16-,18+/m0/s1. The molecule has 0 aliphatic heterocycles. The van der Waals surface area contributed by atoms with Crippen molar-refractivity contribution in [3.8, 4) is 0 Å². The second-order valence-electron chi connectivity index (χ2n) is 6.25. The highest BCUT2D eigenvalue weighted by atomic mass is 16.5. The molecule has 5 heteroatoms. The van der Waals surface area contributed by atoms with Gasteiger partial charge in [-0.3, -0.25) is 4.40 Å². The summed E-state index contributed by atoms with van der Waals surface area (Å²) in [6, 6.07) is 16.3. The second kappa shape index (κ2) is 7.55. The van der Waals surface area contributed by atoms with E-state index in [-0.39, 0.29) is 12.1 Å². The number of hydrogen-bond donors (Lipinski definition) is 1. The lowest BCUT2D eigenvalue weighted by molar-refractivity contribution is 0.0969. The Balaban J connectivity index is 1.79. The summed E-state index contributed by atoms with van der Waals surface area (Å²) >= 11 is 0. The van der Waals surface area contributed by atoms with Crippen molar-refractivity contribution in [2.75, 3.05) is 13.7 Å². The Morgan fingerprint density at radius 1 is 1.04 bits per heavy atom. The number of aromatic nitrogens is 3. The topological polar surface area (TPSA) is 51.5 Å². The number of hydrogen-bond acceptors (Lipinski definition) is 4. The number of fused-ring (bicyclic) bond motifs is 1. The average molecular weight is 324 g/mol. The maximum atomic E-state index is 5.67. The van der Waals surface area contributed by atoms with E-state index in [2.05, 4.69) is 41.5 Å². The zero-order valence-corrected chi connectivity index (χ0v) is 14.4. The summed E-state index contributed by atoms with van der Waals surface area (Å²) in [5.74, 6) is 1.31. The zero-order valence-electron chi connectivity index (χ0n) is 14.4. The number of ether oxygens (including phenoxy) is 1. The molecule has 2 aromatic heterocycles. The van der Waals surface area contributed by atoms with Gasteiger partial charge in [0.1, 0.15) is 0 Å². The maximum absolute atomic E-state index is 5.67. The third-order valence-corrected chi connectivity index (χ3v) is 4.26. The Hall–Kier alpha value is -2.24. The van der Waals surface area contributed by atoms with Gasteiger partial charge in [0.25, 0.3) is 0 Å². The molecule has 0 saturated carbocycles. The van der Waals surface area contributed by atoms with Crippen molar-refractivity contribution in [2.24, 2.45) is 5.92 Å². The number of benzene rings is 1. The number of nitrogens with one attached hydrogen (secondary N) is 1. The highest BCUT2D eigenvalue weighted by Gasteiger charge is 2.22. The van der Waals surface area contributed by atoms with Crippen molar-refractivity contribution in [3.63, 3.8) is 0 Å². The molecule has 0 aliphatic rings. The van der Waals surface area contributed by atoms with Gasteiger partial charge in [0.2, 0.25) is 0 Å². The van der Waals surface area contributed by atoms with E-state index in [1.165, 1.54) is 5.56 Å². The summed E-state index contributed by atoms with van der Waals surface area (Å²) in [7, 11) is 1.75. The Labute approximate surface area is 142 Å². The summed E-state index contributed by atoms with van der Waals surface area (Å²) < 4.78 is 7.71. The quantitative estimate of drug-likeness (QED) is 0.724. The summed E-state index contributed by atoms with van der Waals surface area (Å²) in [4.78, 5) is 0. The lowest BCUT2D eigenvalue weighted by Crippen LogP contribution is -2.31. The van der Waals surface area contributed by atoms with Crippen LogP contribution >= 0.6 is 0 Å². The van der Waals surface area contributed by atoms with Crippen molar-refractivity contribution in [1.82, 2.24) is 19.9 Å². The van der Waals surface area contributed by atoms with E-state index in [4.69, 9.17) is 4.74 Å². The second-order valence-corrected chi connectivity index (χ2v) is 6.25. The van der Waals surface area contributed by atoms with Gasteiger partial charge in [-0.2, -0.15) is 0 Å². The molecule has 0 radical (unpaired) electrons. The molecule has 0 saturated heterocycles. The van der Waals surface area contributed by atoms with E-state index >= 15 is 0 Å². The van der Waals surface area contributed by atoms with Crippen molar-refractivity contribution in [2.45, 2.75) is 26.0 Å². The van der Waals surface area contributed by atoms with Gasteiger partial charge in [0.05, 0.1) is 12.1 Å². The molecule has 24 heavy (non-hydrogen) atoms. The van der Waals surface area contributed by atoms with E-state index in [0.717, 1.165) is 11.5 Å². The maximum Gasteiger partial charge on any atom is 0.160 e. The minimum Gasteiger partial charge on any atom is -0.375 e. The third-order valence-electron chi connectivity index (χ3n) is 4.26. The summed E-state index contributed by atoms with van der Waals surface area (Å²) in [6.07, 6.45) is 2.01. The van der Waals surface area contributed by atoms with Crippen LogP contribution in [0.2, 0.25) is 0 Å². The van der Waals surface area contributed by atoms with Gasteiger partial charge >= 0.3 is 0 Å². The molecule has 5 nitrogen and oxygen atoms in total. The first-order valence-corrected chi connectivity index (χ1v) is 8.31. The minimum atomic E-state index is 0.00614. The molecule has 0 fully saturated rings. The van der Waals surface area contributed by atoms with Gasteiger partial charge < -0.3 is 10.1 Å². The van der Waals surface area contributed by atoms with Crippen LogP contribution in [0.3, 0.4) is 0 Å². The number of rotatable bonds is 7. The average Bonchev–Trinajstić information content (AvgIpc) is 3.03. The van der Waals surface area contributed by atoms with Gasteiger partial charge in [-0.1, -0.05) is 50.2 Å². The molecular formula is C19H24N4O. The molecule has 0 unspecified atom stereocenters. The van der Waals surface area contributed by atoms with E-state index in [0.29, 0.717) is 12.5 Å². The van der Waals surface area contributed by atoms with Crippen LogP contribution < -0.4 is 5.32 Å². The zero-order chi connectivity index (χ0) is 16.9. The van der Waals surface area contributed by atoms with Crippen LogP contribution in [0.25, 0.3) is 5.65 Å². The first kappa shape index (κ1) is 16.6. The van der Waals surface area contributed by atoms with E-state index in [1.54, 1.807) is 7.11 Å². The molecule has 3 aromatic rings. The third kappa shape index (κ3) is 3.47. The fourth-order valence-corrected chi connectivity index (χ4v) is 2.94. The van der Waals surface area contributed by atoms with Crippen molar-refractivity contribution in [3.05, 3.63) is 66.1 Å². The van der Waals surface area contributed by atoms with Crippen LogP contribution in [0.1, 0.15) is 37.4 Å². The van der Waals surface area contributed by atoms with E-state index in [9.17, 15) is 0 Å². The molecule has 2 heterocycles. The predicted octanol–water partition coefficient (Wildman–Crippen LogP) is 3.40. The van der Waals surface area contributed by atoms with Gasteiger partial charge in [0.15, 0.2) is 11.5 Å². The van der Waals surface area contributed by atoms with Crippen LogP contribution in [0.5, 0.6) is 0 Å². The van der Waals surface area contributed by atoms with E-state index < -0.39 is 0 Å². The molecule has 1 N–H and O–H groups in total. The number of nitrogens with zero attached hydrogens (tertiary/aromatic N) is 3. The summed E-state index contributed by atoms with van der Waals surface area (Å²) in [5, 5.41) is 12.3. The fraction of sp³-hybridized carbons (Fsp3) is 0.368. The molecule has 0 bridgehead atoms. The summed E-state index contributed by atoms with van der Waals surface area (Å²) in [6.45, 7) is 5.09. The highest BCUT2D eigenvalue weighted by Crippen LogP contribution is 2.23. The smallest absolute Gasteiger partial charge is 0.160 e. The molecule has 3 rings (SSSR count).